The fourth-order valence-electron chi connectivity index (χ4n) is 4.98. The third kappa shape index (κ3) is 4.49. The molecular formula is C29H25F2NO3. The van der Waals surface area contributed by atoms with Crippen molar-refractivity contribution in [3.63, 3.8) is 0 Å². The van der Waals surface area contributed by atoms with Crippen molar-refractivity contribution in [2.75, 3.05) is 6.54 Å². The first-order valence-corrected chi connectivity index (χ1v) is 11.6. The molecule has 0 spiro atoms. The van der Waals surface area contributed by atoms with E-state index in [0.717, 1.165) is 17.7 Å². The van der Waals surface area contributed by atoms with Gasteiger partial charge in [-0.05, 0) is 53.4 Å². The first kappa shape index (κ1) is 23.0. The van der Waals surface area contributed by atoms with Crippen LogP contribution < -0.4 is 10.1 Å². The molecule has 0 aromatic heterocycles. The van der Waals surface area contributed by atoms with Crippen LogP contribution in [0.1, 0.15) is 52.4 Å². The third-order valence-corrected chi connectivity index (χ3v) is 6.71. The van der Waals surface area contributed by atoms with Crippen molar-refractivity contribution in [2.24, 2.45) is 0 Å². The molecule has 5 rings (SSSR count). The lowest BCUT2D eigenvalue weighted by Gasteiger charge is -2.33. The normalized spacial score (nSPS) is 18.0. The second kappa shape index (κ2) is 9.47. The highest BCUT2D eigenvalue weighted by Gasteiger charge is 2.31. The van der Waals surface area contributed by atoms with Gasteiger partial charge in [0.15, 0.2) is 0 Å². The Morgan fingerprint density at radius 2 is 1.71 bits per heavy atom. The minimum Gasteiger partial charge on any atom is -0.489 e. The minimum absolute atomic E-state index is 0.0602. The van der Waals surface area contributed by atoms with Crippen molar-refractivity contribution < 1.29 is 23.4 Å². The molecule has 0 saturated heterocycles. The Kier molecular flexibility index (Phi) is 6.22. The van der Waals surface area contributed by atoms with Gasteiger partial charge in [-0.3, -0.25) is 0 Å². The molecule has 0 amide bonds. The maximum Gasteiger partial charge on any atom is 0.341 e. The summed E-state index contributed by atoms with van der Waals surface area (Å²) in [6.45, 7) is 2.64. The molecule has 1 aliphatic heterocycles. The summed E-state index contributed by atoms with van der Waals surface area (Å²) in [6, 6.07) is 24.2. The van der Waals surface area contributed by atoms with Crippen LogP contribution in [0.5, 0.6) is 5.75 Å². The molecule has 4 nitrogen and oxygen atoms in total. The number of carbonyl (C=O) groups is 1. The minimum atomic E-state index is -1.62. The van der Waals surface area contributed by atoms with Crippen molar-refractivity contribution in [1.29, 1.82) is 0 Å². The van der Waals surface area contributed by atoms with Gasteiger partial charge in [0.1, 0.15) is 29.1 Å². The number of hydrogen-bond acceptors (Lipinski definition) is 3. The van der Waals surface area contributed by atoms with Crippen LogP contribution in [0.2, 0.25) is 0 Å². The first-order valence-electron chi connectivity index (χ1n) is 11.6. The van der Waals surface area contributed by atoms with Crippen molar-refractivity contribution in [3.8, 4) is 5.75 Å². The fourth-order valence-corrected chi connectivity index (χ4v) is 4.98. The van der Waals surface area contributed by atoms with Crippen LogP contribution in [0.15, 0.2) is 78.9 Å². The number of halogens is 2. The van der Waals surface area contributed by atoms with Gasteiger partial charge in [-0.25, -0.2) is 13.6 Å². The fraction of sp³-hybridized carbons (Fsp3) is 0.207. The number of rotatable bonds is 6. The number of nitrogens with one attached hydrogen (secondary N) is 1. The maximum absolute atomic E-state index is 14.5. The van der Waals surface area contributed by atoms with Crippen LogP contribution in [0.3, 0.4) is 0 Å². The zero-order valence-corrected chi connectivity index (χ0v) is 19.2. The van der Waals surface area contributed by atoms with E-state index in [1.165, 1.54) is 16.3 Å². The number of para-hydroxylation sites is 1. The van der Waals surface area contributed by atoms with Crippen LogP contribution in [0.25, 0.3) is 10.8 Å². The van der Waals surface area contributed by atoms with E-state index in [-0.39, 0.29) is 18.1 Å². The monoisotopic (exact) mass is 473 g/mol. The van der Waals surface area contributed by atoms with Crippen LogP contribution in [0.4, 0.5) is 8.78 Å². The van der Waals surface area contributed by atoms with E-state index >= 15 is 0 Å². The molecule has 0 aliphatic carbocycles. The summed E-state index contributed by atoms with van der Waals surface area (Å²) < 4.78 is 35.2. The molecule has 0 radical (unpaired) electrons. The zero-order valence-electron chi connectivity index (χ0n) is 19.2. The Hall–Kier alpha value is -3.77. The molecule has 3 unspecified atom stereocenters. The van der Waals surface area contributed by atoms with E-state index in [0.29, 0.717) is 24.3 Å². The van der Waals surface area contributed by atoms with Gasteiger partial charge >= 0.3 is 5.97 Å². The molecule has 4 aromatic carbocycles. The summed E-state index contributed by atoms with van der Waals surface area (Å²) in [5.41, 5.74) is 1.47. The Balaban J connectivity index is 1.40. The van der Waals surface area contributed by atoms with E-state index in [4.69, 9.17) is 9.84 Å². The smallest absolute Gasteiger partial charge is 0.341 e. The molecular weight excluding hydrogens is 448 g/mol. The second-order valence-corrected chi connectivity index (χ2v) is 8.93. The van der Waals surface area contributed by atoms with E-state index in [1.54, 1.807) is 0 Å². The summed E-state index contributed by atoms with van der Waals surface area (Å²) in [6.07, 6.45) is 0.259. The average Bonchev–Trinajstić information content (AvgIpc) is 2.85. The number of fused-ring (bicyclic) bond motifs is 2. The van der Waals surface area contributed by atoms with Gasteiger partial charge in [-0.1, -0.05) is 60.7 Å². The summed E-state index contributed by atoms with van der Waals surface area (Å²) in [5, 5.41) is 15.0. The summed E-state index contributed by atoms with van der Waals surface area (Å²) >= 11 is 0. The highest BCUT2D eigenvalue weighted by molar-refractivity contribution is 5.88. The lowest BCUT2D eigenvalue weighted by Crippen LogP contribution is -2.37. The van der Waals surface area contributed by atoms with Gasteiger partial charge in [0.05, 0.1) is 0 Å². The third-order valence-electron chi connectivity index (χ3n) is 6.71. The highest BCUT2D eigenvalue weighted by atomic mass is 19.1. The van der Waals surface area contributed by atoms with E-state index in [9.17, 15) is 13.6 Å². The van der Waals surface area contributed by atoms with E-state index < -0.39 is 23.2 Å². The Bertz CT molecular complexity index is 1380. The van der Waals surface area contributed by atoms with Gasteiger partial charge in [0.25, 0.3) is 0 Å². The summed E-state index contributed by atoms with van der Waals surface area (Å²) in [4.78, 5) is 11.2. The first-order chi connectivity index (χ1) is 16.9. The van der Waals surface area contributed by atoms with Crippen molar-refractivity contribution in [1.82, 2.24) is 5.32 Å². The molecule has 35 heavy (non-hydrogen) atoms. The van der Waals surface area contributed by atoms with Gasteiger partial charge in [0.2, 0.25) is 0 Å². The molecule has 178 valence electrons. The molecule has 3 atom stereocenters. The van der Waals surface area contributed by atoms with Crippen LogP contribution in [-0.4, -0.2) is 23.7 Å². The average molecular weight is 474 g/mol. The number of ether oxygens (including phenoxy) is 1. The molecule has 0 fully saturated rings. The Labute approximate surface area is 202 Å². The summed E-state index contributed by atoms with van der Waals surface area (Å²) in [5.74, 6) is -3.43. The standard InChI is InChI=1S/C29H25F2NO3/c1-17(21-11-6-8-18-7-2-3-9-22(18)21)32-16-20-15-24(23-10-4-5-12-27(23)35-20)19-13-25(30)28(29(33)34)26(31)14-19/h2-14,17,20,24,32H,15-16H2,1H3,(H,33,34). The molecule has 2 N–H and O–H groups in total. The number of aromatic carboxylic acids is 1. The summed E-state index contributed by atoms with van der Waals surface area (Å²) in [7, 11) is 0. The molecule has 4 aromatic rings. The molecule has 1 aliphatic rings. The van der Waals surface area contributed by atoms with E-state index in [2.05, 4.69) is 36.5 Å². The van der Waals surface area contributed by atoms with Gasteiger partial charge in [-0.2, -0.15) is 0 Å². The topological polar surface area (TPSA) is 58.6 Å². The van der Waals surface area contributed by atoms with Gasteiger partial charge < -0.3 is 15.2 Å². The molecule has 1 heterocycles. The number of hydrogen-bond donors (Lipinski definition) is 2. The van der Waals surface area contributed by atoms with Crippen LogP contribution in [-0.2, 0) is 0 Å². The Morgan fingerprint density at radius 3 is 2.49 bits per heavy atom. The predicted octanol–water partition coefficient (Wildman–Crippen LogP) is 6.45. The SMILES string of the molecule is CC(NCC1CC(c2cc(F)c(C(=O)O)c(F)c2)c2ccccc2O1)c1cccc2ccccc12. The highest BCUT2D eigenvalue weighted by Crippen LogP contribution is 2.41. The molecule has 6 heteroatoms. The van der Waals surface area contributed by atoms with Crippen molar-refractivity contribution in [2.45, 2.75) is 31.4 Å². The molecule has 0 saturated carbocycles. The van der Waals surface area contributed by atoms with Gasteiger partial charge in [0, 0.05) is 24.1 Å². The van der Waals surface area contributed by atoms with Crippen molar-refractivity contribution in [3.05, 3.63) is 113 Å². The van der Waals surface area contributed by atoms with E-state index in [1.807, 2.05) is 42.5 Å². The predicted molar refractivity (Wildman–Crippen MR) is 131 cm³/mol. The zero-order chi connectivity index (χ0) is 24.5. The maximum atomic E-state index is 14.5. The lowest BCUT2D eigenvalue weighted by atomic mass is 9.83. The van der Waals surface area contributed by atoms with Crippen LogP contribution in [0, 0.1) is 11.6 Å². The number of carboxylic acids is 1. The quantitative estimate of drug-likeness (QED) is 0.338. The molecule has 0 bridgehead atoms. The second-order valence-electron chi connectivity index (χ2n) is 8.93. The largest absolute Gasteiger partial charge is 0.489 e. The van der Waals surface area contributed by atoms with Crippen LogP contribution >= 0.6 is 0 Å². The van der Waals surface area contributed by atoms with Gasteiger partial charge in [-0.15, -0.1) is 0 Å². The number of benzene rings is 4. The van der Waals surface area contributed by atoms with Crippen molar-refractivity contribution >= 4 is 16.7 Å². The lowest BCUT2D eigenvalue weighted by molar-refractivity contribution is 0.0686. The Morgan fingerprint density at radius 1 is 1.03 bits per heavy atom. The number of carboxylic acid groups (broad SMARTS) is 1.